The van der Waals surface area contributed by atoms with Crippen LogP contribution in [0.2, 0.25) is 0 Å². The van der Waals surface area contributed by atoms with Gasteiger partial charge in [-0.05, 0) is 32.1 Å². The molecule has 0 spiro atoms. The Balaban J connectivity index is 2.11. The molecule has 1 rings (SSSR count). The first-order valence-electron chi connectivity index (χ1n) is 4.85. The summed E-state index contributed by atoms with van der Waals surface area (Å²) in [5, 5.41) is 10.8. The van der Waals surface area contributed by atoms with E-state index in [0.717, 1.165) is 26.1 Å². The van der Waals surface area contributed by atoms with Gasteiger partial charge in [0.05, 0.1) is 6.61 Å². The van der Waals surface area contributed by atoms with Gasteiger partial charge in [-0.3, -0.25) is 4.84 Å². The van der Waals surface area contributed by atoms with Crippen LogP contribution in [-0.4, -0.2) is 36.5 Å². The zero-order valence-electron chi connectivity index (χ0n) is 7.83. The fraction of sp³-hybridized carbons (Fsp3) is 1.00. The molecule has 0 aliphatic carbocycles. The Hall–Kier alpha value is -0.120. The van der Waals surface area contributed by atoms with Gasteiger partial charge in [0.1, 0.15) is 0 Å². The van der Waals surface area contributed by atoms with Crippen molar-refractivity contribution in [2.75, 3.05) is 26.3 Å². The maximum absolute atomic E-state index is 8.74. The second-order valence-electron chi connectivity index (χ2n) is 3.30. The lowest BCUT2D eigenvalue weighted by Gasteiger charge is -2.30. The van der Waals surface area contributed by atoms with Gasteiger partial charge in [0.15, 0.2) is 0 Å². The molecule has 0 aromatic rings. The van der Waals surface area contributed by atoms with Crippen molar-refractivity contribution in [3.63, 3.8) is 0 Å². The zero-order chi connectivity index (χ0) is 8.81. The minimum atomic E-state index is 0.333. The molecule has 72 valence electrons. The van der Waals surface area contributed by atoms with E-state index in [1.165, 1.54) is 12.8 Å². The van der Waals surface area contributed by atoms with E-state index in [1.54, 1.807) is 0 Å². The molecule has 0 bridgehead atoms. The summed E-state index contributed by atoms with van der Waals surface area (Å²) < 4.78 is 0. The second kappa shape index (κ2) is 5.51. The third-order valence-electron chi connectivity index (χ3n) is 2.42. The van der Waals surface area contributed by atoms with Gasteiger partial charge in [0.25, 0.3) is 0 Å². The number of hydrogen-bond donors (Lipinski definition) is 1. The van der Waals surface area contributed by atoms with Crippen LogP contribution in [0.5, 0.6) is 0 Å². The fourth-order valence-electron chi connectivity index (χ4n) is 1.69. The summed E-state index contributed by atoms with van der Waals surface area (Å²) in [5.74, 6) is 0.715. The molecule has 1 saturated heterocycles. The first kappa shape index (κ1) is 9.96. The Morgan fingerprint density at radius 1 is 1.42 bits per heavy atom. The number of rotatable bonds is 4. The molecule has 3 heteroatoms. The lowest BCUT2D eigenvalue weighted by atomic mass is 9.95. The SMILES string of the molecule is CCON1CCC(CCO)CC1. The Morgan fingerprint density at radius 2 is 2.08 bits per heavy atom. The summed E-state index contributed by atoms with van der Waals surface area (Å²) in [6, 6.07) is 0. The summed E-state index contributed by atoms with van der Waals surface area (Å²) >= 11 is 0. The fourth-order valence-corrected chi connectivity index (χ4v) is 1.69. The van der Waals surface area contributed by atoms with Gasteiger partial charge in [0, 0.05) is 19.7 Å². The number of hydroxylamine groups is 2. The minimum absolute atomic E-state index is 0.333. The van der Waals surface area contributed by atoms with Crippen LogP contribution in [0.4, 0.5) is 0 Å². The van der Waals surface area contributed by atoms with E-state index in [0.29, 0.717) is 12.5 Å². The molecule has 1 aliphatic heterocycles. The van der Waals surface area contributed by atoms with Crippen molar-refractivity contribution in [3.8, 4) is 0 Å². The zero-order valence-corrected chi connectivity index (χ0v) is 7.83. The predicted molar refractivity (Wildman–Crippen MR) is 47.6 cm³/mol. The molecule has 1 N–H and O–H groups in total. The largest absolute Gasteiger partial charge is 0.396 e. The van der Waals surface area contributed by atoms with Crippen LogP contribution in [-0.2, 0) is 4.84 Å². The summed E-state index contributed by atoms with van der Waals surface area (Å²) in [6.07, 6.45) is 3.29. The monoisotopic (exact) mass is 173 g/mol. The molecular formula is C9H19NO2. The number of hydrogen-bond acceptors (Lipinski definition) is 3. The second-order valence-corrected chi connectivity index (χ2v) is 3.30. The normalized spacial score (nSPS) is 21.5. The van der Waals surface area contributed by atoms with Crippen LogP contribution in [0.3, 0.4) is 0 Å². The number of nitrogens with zero attached hydrogens (tertiary/aromatic N) is 1. The smallest absolute Gasteiger partial charge is 0.0656 e. The van der Waals surface area contributed by atoms with E-state index in [2.05, 4.69) is 0 Å². The molecule has 1 heterocycles. The lowest BCUT2D eigenvalue weighted by molar-refractivity contribution is -0.170. The summed E-state index contributed by atoms with van der Waals surface area (Å²) in [5.41, 5.74) is 0. The van der Waals surface area contributed by atoms with Gasteiger partial charge in [-0.2, -0.15) is 5.06 Å². The molecule has 0 radical (unpaired) electrons. The average Bonchev–Trinajstić information content (AvgIpc) is 2.09. The molecular weight excluding hydrogens is 154 g/mol. The number of aliphatic hydroxyl groups is 1. The van der Waals surface area contributed by atoms with Gasteiger partial charge >= 0.3 is 0 Å². The molecule has 12 heavy (non-hydrogen) atoms. The van der Waals surface area contributed by atoms with Crippen LogP contribution in [0, 0.1) is 5.92 Å². The molecule has 1 fully saturated rings. The van der Waals surface area contributed by atoms with Crippen molar-refractivity contribution in [2.24, 2.45) is 5.92 Å². The predicted octanol–water partition coefficient (Wildman–Crippen LogP) is 1.03. The van der Waals surface area contributed by atoms with Crippen molar-refractivity contribution in [1.29, 1.82) is 0 Å². The van der Waals surface area contributed by atoms with Gasteiger partial charge < -0.3 is 5.11 Å². The maximum atomic E-state index is 8.74. The van der Waals surface area contributed by atoms with Crippen molar-refractivity contribution in [2.45, 2.75) is 26.2 Å². The van der Waals surface area contributed by atoms with Crippen molar-refractivity contribution in [1.82, 2.24) is 5.06 Å². The van der Waals surface area contributed by atoms with Gasteiger partial charge in [0.2, 0.25) is 0 Å². The highest BCUT2D eigenvalue weighted by molar-refractivity contribution is 4.67. The molecule has 3 nitrogen and oxygen atoms in total. The van der Waals surface area contributed by atoms with Gasteiger partial charge in [-0.25, -0.2) is 0 Å². The van der Waals surface area contributed by atoms with E-state index in [4.69, 9.17) is 9.94 Å². The quantitative estimate of drug-likeness (QED) is 0.689. The summed E-state index contributed by atoms with van der Waals surface area (Å²) in [6.45, 7) is 5.17. The van der Waals surface area contributed by atoms with Crippen molar-refractivity contribution < 1.29 is 9.94 Å². The molecule has 0 aromatic heterocycles. The highest BCUT2D eigenvalue weighted by Gasteiger charge is 2.18. The van der Waals surface area contributed by atoms with Gasteiger partial charge in [-0.1, -0.05) is 0 Å². The van der Waals surface area contributed by atoms with Crippen LogP contribution in [0.25, 0.3) is 0 Å². The average molecular weight is 173 g/mol. The third kappa shape index (κ3) is 3.09. The lowest BCUT2D eigenvalue weighted by Crippen LogP contribution is -2.33. The molecule has 0 saturated carbocycles. The highest BCUT2D eigenvalue weighted by atomic mass is 16.7. The van der Waals surface area contributed by atoms with Crippen molar-refractivity contribution in [3.05, 3.63) is 0 Å². The van der Waals surface area contributed by atoms with Crippen LogP contribution < -0.4 is 0 Å². The Kier molecular flexibility index (Phi) is 4.58. The van der Waals surface area contributed by atoms with E-state index >= 15 is 0 Å². The molecule has 0 aromatic carbocycles. The summed E-state index contributed by atoms with van der Waals surface area (Å²) in [7, 11) is 0. The molecule has 0 unspecified atom stereocenters. The van der Waals surface area contributed by atoms with Gasteiger partial charge in [-0.15, -0.1) is 0 Å². The molecule has 0 amide bonds. The van der Waals surface area contributed by atoms with Crippen LogP contribution >= 0.6 is 0 Å². The highest BCUT2D eigenvalue weighted by Crippen LogP contribution is 2.19. The first-order valence-corrected chi connectivity index (χ1v) is 4.85. The Bertz CT molecular complexity index is 97.1. The van der Waals surface area contributed by atoms with Crippen LogP contribution in [0.1, 0.15) is 26.2 Å². The summed E-state index contributed by atoms with van der Waals surface area (Å²) in [4.78, 5) is 5.38. The van der Waals surface area contributed by atoms with E-state index < -0.39 is 0 Å². The Labute approximate surface area is 74.3 Å². The minimum Gasteiger partial charge on any atom is -0.396 e. The maximum Gasteiger partial charge on any atom is 0.0656 e. The first-order chi connectivity index (χ1) is 5.86. The van der Waals surface area contributed by atoms with Crippen molar-refractivity contribution >= 4 is 0 Å². The van der Waals surface area contributed by atoms with E-state index in [9.17, 15) is 0 Å². The van der Waals surface area contributed by atoms with E-state index in [1.807, 2.05) is 12.0 Å². The standard InChI is InChI=1S/C9H19NO2/c1-2-12-10-6-3-9(4-7-10)5-8-11/h9,11H,2-8H2,1H3. The van der Waals surface area contributed by atoms with E-state index in [-0.39, 0.29) is 0 Å². The topological polar surface area (TPSA) is 32.7 Å². The number of piperidine rings is 1. The Morgan fingerprint density at radius 3 is 2.58 bits per heavy atom. The number of aliphatic hydroxyl groups excluding tert-OH is 1. The third-order valence-corrected chi connectivity index (χ3v) is 2.42. The van der Waals surface area contributed by atoms with Crippen LogP contribution in [0.15, 0.2) is 0 Å². The molecule has 1 aliphatic rings. The molecule has 0 atom stereocenters.